The Morgan fingerprint density at radius 1 is 0.733 bits per heavy atom. The number of esters is 2. The van der Waals surface area contributed by atoms with Crippen LogP contribution in [0.5, 0.6) is 46.0 Å². The van der Waals surface area contributed by atoms with Gasteiger partial charge in [-0.05, 0) is 88.8 Å². The first-order chi connectivity index (χ1) is 28.4. The molecule has 19 heteroatoms. The second-order valence-electron chi connectivity index (χ2n) is 13.7. The number of carboxylic acids is 1. The van der Waals surface area contributed by atoms with Crippen LogP contribution in [-0.4, -0.2) is 129 Å². The molecule has 1 aliphatic rings. The summed E-state index contributed by atoms with van der Waals surface area (Å²) in [6.07, 6.45) is -9.06. The van der Waals surface area contributed by atoms with Crippen LogP contribution in [0.15, 0.2) is 72.8 Å². The normalized spacial score (nSPS) is 20.0. The van der Waals surface area contributed by atoms with E-state index in [0.29, 0.717) is 5.56 Å². The average Bonchev–Trinajstić information content (AvgIpc) is 3.20. The summed E-state index contributed by atoms with van der Waals surface area (Å²) in [5, 5.41) is 122. The number of hydrogen-bond donors (Lipinski definition) is 12. The summed E-state index contributed by atoms with van der Waals surface area (Å²) >= 11 is 0. The zero-order valence-corrected chi connectivity index (χ0v) is 31.3. The molecule has 0 aliphatic carbocycles. The van der Waals surface area contributed by atoms with Crippen LogP contribution < -0.4 is 0 Å². The van der Waals surface area contributed by atoms with Crippen molar-refractivity contribution in [1.82, 2.24) is 0 Å². The zero-order valence-electron chi connectivity index (χ0n) is 31.3. The molecule has 5 rings (SSSR count). The van der Waals surface area contributed by atoms with Gasteiger partial charge in [0.2, 0.25) is 6.10 Å². The largest absolute Gasteiger partial charge is 0.504 e. The van der Waals surface area contributed by atoms with Crippen molar-refractivity contribution in [3.05, 3.63) is 101 Å². The van der Waals surface area contributed by atoms with Crippen molar-refractivity contribution in [2.75, 3.05) is 13.2 Å². The number of rotatable bonds is 16. The number of carbonyl (C=O) groups excluding carboxylic acids is 2. The maximum atomic E-state index is 13.4. The Balaban J connectivity index is 1.32. The highest BCUT2D eigenvalue weighted by atomic mass is 16.7. The molecule has 1 fully saturated rings. The quantitative estimate of drug-likeness (QED) is 0.0434. The molecule has 1 heterocycles. The predicted octanol–water partition coefficient (Wildman–Crippen LogP) is 1.72. The molecule has 0 unspecified atom stereocenters. The summed E-state index contributed by atoms with van der Waals surface area (Å²) in [6, 6.07) is 13.1. The molecule has 19 nitrogen and oxygen atoms in total. The topological polar surface area (TPSA) is 331 Å². The van der Waals surface area contributed by atoms with E-state index in [4.69, 9.17) is 18.9 Å². The third-order valence-corrected chi connectivity index (χ3v) is 9.53. The molecular formula is C41H42O19. The van der Waals surface area contributed by atoms with Gasteiger partial charge in [0.15, 0.2) is 58.4 Å². The molecule has 0 amide bonds. The summed E-state index contributed by atoms with van der Waals surface area (Å²) in [6.45, 7) is -1.15. The predicted molar refractivity (Wildman–Crippen MR) is 203 cm³/mol. The van der Waals surface area contributed by atoms with Gasteiger partial charge in [0, 0.05) is 18.4 Å². The van der Waals surface area contributed by atoms with E-state index in [1.807, 2.05) is 0 Å². The van der Waals surface area contributed by atoms with Crippen molar-refractivity contribution in [2.45, 2.75) is 62.0 Å². The molecule has 1 saturated heterocycles. The van der Waals surface area contributed by atoms with Gasteiger partial charge >= 0.3 is 17.9 Å². The number of phenolic OH excluding ortho intramolecular Hbond substituents is 8. The Labute approximate surface area is 340 Å². The van der Waals surface area contributed by atoms with Crippen molar-refractivity contribution >= 4 is 24.0 Å². The molecule has 60 heavy (non-hydrogen) atoms. The summed E-state index contributed by atoms with van der Waals surface area (Å²) in [5.41, 5.74) is 1.02. The van der Waals surface area contributed by atoms with Gasteiger partial charge < -0.3 is 80.2 Å². The molecule has 0 saturated carbocycles. The van der Waals surface area contributed by atoms with Gasteiger partial charge in [0.25, 0.3) is 0 Å². The van der Waals surface area contributed by atoms with Crippen molar-refractivity contribution in [3.63, 3.8) is 0 Å². The minimum absolute atomic E-state index is 0.132. The van der Waals surface area contributed by atoms with Gasteiger partial charge in [-0.15, -0.1) is 0 Å². The molecule has 4 aromatic carbocycles. The van der Waals surface area contributed by atoms with Gasteiger partial charge in [-0.1, -0.05) is 18.2 Å². The van der Waals surface area contributed by atoms with Crippen LogP contribution in [0, 0.1) is 0 Å². The maximum absolute atomic E-state index is 13.4. The van der Waals surface area contributed by atoms with E-state index in [1.54, 1.807) is 0 Å². The lowest BCUT2D eigenvalue weighted by atomic mass is 9.84. The number of phenols is 8. The van der Waals surface area contributed by atoms with E-state index in [-0.39, 0.29) is 41.0 Å². The summed E-state index contributed by atoms with van der Waals surface area (Å²) < 4.78 is 21.9. The lowest BCUT2D eigenvalue weighted by Gasteiger charge is -2.41. The van der Waals surface area contributed by atoms with E-state index >= 15 is 0 Å². The second-order valence-corrected chi connectivity index (χ2v) is 13.7. The van der Waals surface area contributed by atoms with E-state index in [9.17, 15) is 75.7 Å². The smallest absolute Gasteiger partial charge is 0.345 e. The second kappa shape index (κ2) is 19.3. The minimum atomic E-state index is -1.84. The molecular weight excluding hydrogens is 796 g/mol. The number of aliphatic hydroxyl groups is 3. The SMILES string of the molecule is O=C(/C=C/c1ccc(O)c(O)c1)O[C@H]1[C@H](O)[C@@H](O)[C@H](OCCc2cc(O)c(O)cc2[C@H](CC(=O)O[C@H](Cc2ccc(O)c(O)c2)C(=O)O)c2ccc(O)c(O)c2)O[C@@H]1CO. The highest BCUT2D eigenvalue weighted by Gasteiger charge is 2.47. The van der Waals surface area contributed by atoms with Crippen molar-refractivity contribution in [2.24, 2.45) is 0 Å². The molecule has 0 spiro atoms. The summed E-state index contributed by atoms with van der Waals surface area (Å²) in [7, 11) is 0. The van der Waals surface area contributed by atoms with Crippen LogP contribution in [-0.2, 0) is 46.2 Å². The van der Waals surface area contributed by atoms with Crippen LogP contribution in [0.1, 0.15) is 40.2 Å². The van der Waals surface area contributed by atoms with Gasteiger partial charge in [-0.2, -0.15) is 0 Å². The first-order valence-corrected chi connectivity index (χ1v) is 18.1. The molecule has 1 aliphatic heterocycles. The van der Waals surface area contributed by atoms with Crippen molar-refractivity contribution < 1.29 is 94.6 Å². The Morgan fingerprint density at radius 3 is 1.98 bits per heavy atom. The minimum Gasteiger partial charge on any atom is -0.504 e. The van der Waals surface area contributed by atoms with E-state index in [1.165, 1.54) is 36.4 Å². The molecule has 4 aromatic rings. The number of benzene rings is 4. The molecule has 12 N–H and O–H groups in total. The zero-order chi connectivity index (χ0) is 43.8. The summed E-state index contributed by atoms with van der Waals surface area (Å²) in [4.78, 5) is 38.1. The van der Waals surface area contributed by atoms with Gasteiger partial charge in [0.1, 0.15) is 18.3 Å². The monoisotopic (exact) mass is 838 g/mol. The number of carboxylic acid groups (broad SMARTS) is 1. The first kappa shape index (κ1) is 44.3. The van der Waals surface area contributed by atoms with Crippen LogP contribution in [0.4, 0.5) is 0 Å². The number of hydrogen-bond acceptors (Lipinski definition) is 18. The van der Waals surface area contributed by atoms with Gasteiger partial charge in [-0.25, -0.2) is 9.59 Å². The Hall–Kier alpha value is -6.77. The van der Waals surface area contributed by atoms with Crippen molar-refractivity contribution in [3.8, 4) is 46.0 Å². The fourth-order valence-electron chi connectivity index (χ4n) is 6.41. The molecule has 0 bridgehead atoms. The third kappa shape index (κ3) is 10.8. The van der Waals surface area contributed by atoms with E-state index in [0.717, 1.165) is 42.5 Å². The fourth-order valence-corrected chi connectivity index (χ4v) is 6.41. The number of aliphatic carboxylic acids is 1. The lowest BCUT2D eigenvalue weighted by molar-refractivity contribution is -0.302. The van der Waals surface area contributed by atoms with Crippen LogP contribution in [0.25, 0.3) is 6.08 Å². The Bertz CT molecular complexity index is 2220. The molecule has 320 valence electrons. The third-order valence-electron chi connectivity index (χ3n) is 9.53. The number of aromatic hydroxyl groups is 8. The fraction of sp³-hybridized carbons (Fsp3) is 0.293. The van der Waals surface area contributed by atoms with Crippen LogP contribution in [0.2, 0.25) is 0 Å². The first-order valence-electron chi connectivity index (χ1n) is 18.1. The lowest BCUT2D eigenvalue weighted by Crippen LogP contribution is -2.60. The van der Waals surface area contributed by atoms with Crippen LogP contribution >= 0.6 is 0 Å². The standard InChI is InChI=1S/C41H42O19/c42-18-34-39(60-35(51)8-3-19-1-5-25(43)28(46)11-19)37(53)38(54)41(59-34)57-10-9-22-15-31(49)32(50)16-23(22)24(21-4-7-27(45)30(48)14-21)17-36(52)58-33(40(55)56)13-20-2-6-26(44)29(47)12-20/h1-8,11-12,14-16,24,33-34,37-39,41-50,53-54H,9-10,13,17-18H2,(H,55,56)/b8-3+/t24-,33-,34-,37-,38-,39-,41-/m1/s1. The Kier molecular flexibility index (Phi) is 14.3. The maximum Gasteiger partial charge on any atom is 0.345 e. The number of aliphatic hydroxyl groups excluding tert-OH is 3. The molecule has 0 aromatic heterocycles. The number of carbonyl (C=O) groups is 3. The summed E-state index contributed by atoms with van der Waals surface area (Å²) in [5.74, 6) is -8.93. The molecule has 0 radical (unpaired) electrons. The van der Waals surface area contributed by atoms with Gasteiger partial charge in [0.05, 0.1) is 19.6 Å². The average molecular weight is 839 g/mol. The highest BCUT2D eigenvalue weighted by Crippen LogP contribution is 2.40. The number of ether oxygens (including phenoxy) is 4. The van der Waals surface area contributed by atoms with E-state index in [2.05, 4.69) is 0 Å². The highest BCUT2D eigenvalue weighted by molar-refractivity contribution is 5.87. The van der Waals surface area contributed by atoms with Crippen molar-refractivity contribution in [1.29, 1.82) is 0 Å². The van der Waals surface area contributed by atoms with E-state index < -0.39 is 120 Å². The Morgan fingerprint density at radius 2 is 1.35 bits per heavy atom. The van der Waals surface area contributed by atoms with Gasteiger partial charge in [-0.3, -0.25) is 4.79 Å². The van der Waals surface area contributed by atoms with Crippen LogP contribution in [0.3, 0.4) is 0 Å². The molecule has 7 atom stereocenters.